The van der Waals surface area contributed by atoms with Crippen LogP contribution in [0.4, 0.5) is 5.69 Å². The molecule has 0 aliphatic rings. The van der Waals surface area contributed by atoms with Crippen LogP contribution in [0.15, 0.2) is 45.5 Å². The first-order valence-corrected chi connectivity index (χ1v) is 5.55. The summed E-state index contributed by atoms with van der Waals surface area (Å²) < 4.78 is 5.99. The average Bonchev–Trinajstić information content (AvgIpc) is 2.79. The monoisotopic (exact) mass is 276 g/mol. The molecule has 0 bridgehead atoms. The Bertz CT molecular complexity index is 514. The van der Waals surface area contributed by atoms with Gasteiger partial charge >= 0.3 is 0 Å². The summed E-state index contributed by atoms with van der Waals surface area (Å²) in [6.45, 7) is 0.568. The zero-order valence-electron chi connectivity index (χ0n) is 8.40. The van der Waals surface area contributed by atoms with Crippen molar-refractivity contribution in [2.45, 2.75) is 6.54 Å². The Balaban J connectivity index is 2.16. The maximum absolute atomic E-state index is 9.01. The van der Waals surface area contributed by atoms with E-state index in [1.165, 1.54) is 0 Å². The second-order valence-corrected chi connectivity index (χ2v) is 4.06. The van der Waals surface area contributed by atoms with Gasteiger partial charge in [0.05, 0.1) is 24.1 Å². The maximum Gasteiger partial charge on any atom is 0.122 e. The summed E-state index contributed by atoms with van der Waals surface area (Å²) in [5.74, 6) is 0.837. The van der Waals surface area contributed by atoms with Crippen molar-refractivity contribution in [2.75, 3.05) is 5.32 Å². The molecule has 1 heterocycles. The Labute approximate surface area is 102 Å². The molecule has 4 heteroatoms. The number of furan rings is 1. The second kappa shape index (κ2) is 4.86. The van der Waals surface area contributed by atoms with E-state index in [0.29, 0.717) is 12.1 Å². The van der Waals surface area contributed by atoms with Gasteiger partial charge in [0.2, 0.25) is 0 Å². The molecule has 1 aromatic heterocycles. The summed E-state index contributed by atoms with van der Waals surface area (Å²) in [6.07, 6.45) is 1.63. The van der Waals surface area contributed by atoms with Crippen LogP contribution in [0.3, 0.4) is 0 Å². The van der Waals surface area contributed by atoms with Gasteiger partial charge in [0.15, 0.2) is 0 Å². The number of hydrogen-bond donors (Lipinski definition) is 1. The van der Waals surface area contributed by atoms with Crippen molar-refractivity contribution in [1.29, 1.82) is 5.26 Å². The highest BCUT2D eigenvalue weighted by Crippen LogP contribution is 2.24. The summed E-state index contributed by atoms with van der Waals surface area (Å²) >= 11 is 3.34. The number of nitriles is 1. The van der Waals surface area contributed by atoms with Crippen LogP contribution in [0.5, 0.6) is 0 Å². The third-order valence-electron chi connectivity index (χ3n) is 2.16. The maximum atomic E-state index is 9.01. The summed E-state index contributed by atoms with van der Waals surface area (Å²) in [5.41, 5.74) is 1.40. The number of benzene rings is 1. The Morgan fingerprint density at radius 3 is 2.88 bits per heavy atom. The van der Waals surface area contributed by atoms with Crippen LogP contribution in [0.2, 0.25) is 0 Å². The molecule has 1 N–H and O–H groups in total. The lowest BCUT2D eigenvalue weighted by atomic mass is 10.2. The van der Waals surface area contributed by atoms with Gasteiger partial charge in [-0.25, -0.2) is 0 Å². The molecule has 0 radical (unpaired) electrons. The molecule has 0 saturated carbocycles. The Morgan fingerprint density at radius 2 is 2.19 bits per heavy atom. The van der Waals surface area contributed by atoms with E-state index >= 15 is 0 Å². The van der Waals surface area contributed by atoms with Crippen molar-refractivity contribution in [3.63, 3.8) is 0 Å². The van der Waals surface area contributed by atoms with E-state index in [4.69, 9.17) is 9.68 Å². The van der Waals surface area contributed by atoms with Gasteiger partial charge in [0, 0.05) is 4.47 Å². The van der Waals surface area contributed by atoms with Crippen molar-refractivity contribution >= 4 is 21.6 Å². The Morgan fingerprint density at radius 1 is 1.31 bits per heavy atom. The highest BCUT2D eigenvalue weighted by Gasteiger charge is 2.05. The molecule has 0 amide bonds. The fourth-order valence-corrected chi connectivity index (χ4v) is 1.84. The molecule has 0 spiro atoms. The van der Waals surface area contributed by atoms with E-state index in [1.807, 2.05) is 30.3 Å². The fraction of sp³-hybridized carbons (Fsp3) is 0.0833. The van der Waals surface area contributed by atoms with Gasteiger partial charge in [-0.1, -0.05) is 6.07 Å². The van der Waals surface area contributed by atoms with Gasteiger partial charge in [-0.2, -0.15) is 5.26 Å². The molecule has 0 saturated heterocycles. The summed E-state index contributed by atoms with van der Waals surface area (Å²) in [6, 6.07) is 11.5. The molecular formula is C12H9BrN2O. The third-order valence-corrected chi connectivity index (χ3v) is 2.82. The molecule has 0 atom stereocenters. The minimum absolute atomic E-state index is 0.568. The molecule has 0 aliphatic heterocycles. The van der Waals surface area contributed by atoms with Gasteiger partial charge in [-0.3, -0.25) is 0 Å². The highest BCUT2D eigenvalue weighted by molar-refractivity contribution is 9.10. The van der Waals surface area contributed by atoms with Crippen LogP contribution in [-0.2, 0) is 6.54 Å². The predicted molar refractivity (Wildman–Crippen MR) is 64.9 cm³/mol. The molecule has 80 valence electrons. The lowest BCUT2D eigenvalue weighted by Crippen LogP contribution is -2.00. The van der Waals surface area contributed by atoms with E-state index < -0.39 is 0 Å². The van der Waals surface area contributed by atoms with Crippen LogP contribution in [0.25, 0.3) is 0 Å². The van der Waals surface area contributed by atoms with Crippen molar-refractivity contribution in [1.82, 2.24) is 0 Å². The molecule has 1 aromatic carbocycles. The third kappa shape index (κ3) is 2.26. The first-order chi connectivity index (χ1) is 7.81. The number of nitrogens with zero attached hydrogens (tertiary/aromatic N) is 1. The van der Waals surface area contributed by atoms with E-state index in [1.54, 1.807) is 6.26 Å². The minimum Gasteiger partial charge on any atom is -0.467 e. The molecule has 0 unspecified atom stereocenters. The van der Waals surface area contributed by atoms with E-state index in [9.17, 15) is 0 Å². The smallest absolute Gasteiger partial charge is 0.122 e. The number of hydrogen-bond acceptors (Lipinski definition) is 3. The molecule has 0 aliphatic carbocycles. The van der Waals surface area contributed by atoms with Gasteiger partial charge < -0.3 is 9.73 Å². The van der Waals surface area contributed by atoms with Crippen molar-refractivity contribution in [3.05, 3.63) is 52.4 Å². The molecule has 3 nitrogen and oxygen atoms in total. The van der Waals surface area contributed by atoms with Crippen molar-refractivity contribution in [2.24, 2.45) is 0 Å². The quantitative estimate of drug-likeness (QED) is 0.933. The van der Waals surface area contributed by atoms with Crippen LogP contribution >= 0.6 is 15.9 Å². The molecular weight excluding hydrogens is 268 g/mol. The van der Waals surface area contributed by atoms with E-state index in [2.05, 4.69) is 27.3 Å². The average molecular weight is 277 g/mol. The lowest BCUT2D eigenvalue weighted by molar-refractivity contribution is 0.518. The SMILES string of the molecule is N#Cc1c(Br)cccc1NCc1ccco1. The zero-order chi connectivity index (χ0) is 11.4. The number of anilines is 1. The second-order valence-electron chi connectivity index (χ2n) is 3.21. The predicted octanol–water partition coefficient (Wildman–Crippen LogP) is 3.53. The molecule has 2 rings (SSSR count). The van der Waals surface area contributed by atoms with Crippen molar-refractivity contribution in [3.8, 4) is 6.07 Å². The van der Waals surface area contributed by atoms with Gasteiger partial charge in [0.1, 0.15) is 11.8 Å². The van der Waals surface area contributed by atoms with Gasteiger partial charge in [0.25, 0.3) is 0 Å². The van der Waals surface area contributed by atoms with E-state index in [0.717, 1.165) is 15.9 Å². The largest absolute Gasteiger partial charge is 0.467 e. The Kier molecular flexibility index (Phi) is 3.28. The minimum atomic E-state index is 0.568. The topological polar surface area (TPSA) is 49.0 Å². The summed E-state index contributed by atoms with van der Waals surface area (Å²) in [4.78, 5) is 0. The first kappa shape index (κ1) is 10.8. The van der Waals surface area contributed by atoms with E-state index in [-0.39, 0.29) is 0 Å². The first-order valence-electron chi connectivity index (χ1n) is 4.76. The fourth-order valence-electron chi connectivity index (χ4n) is 1.38. The van der Waals surface area contributed by atoms with Crippen LogP contribution in [0, 0.1) is 11.3 Å². The number of halogens is 1. The summed E-state index contributed by atoms with van der Waals surface area (Å²) in [5, 5.41) is 12.2. The van der Waals surface area contributed by atoms with Gasteiger partial charge in [-0.15, -0.1) is 0 Å². The highest BCUT2D eigenvalue weighted by atomic mass is 79.9. The normalized spacial score (nSPS) is 9.75. The molecule has 0 fully saturated rings. The van der Waals surface area contributed by atoms with Crippen LogP contribution in [-0.4, -0.2) is 0 Å². The zero-order valence-corrected chi connectivity index (χ0v) is 9.99. The molecule has 16 heavy (non-hydrogen) atoms. The van der Waals surface area contributed by atoms with Crippen LogP contribution in [0.1, 0.15) is 11.3 Å². The number of nitrogens with one attached hydrogen (secondary N) is 1. The van der Waals surface area contributed by atoms with Gasteiger partial charge in [-0.05, 0) is 40.2 Å². The number of rotatable bonds is 3. The molecule has 2 aromatic rings. The van der Waals surface area contributed by atoms with Crippen LogP contribution < -0.4 is 5.32 Å². The lowest BCUT2D eigenvalue weighted by Gasteiger charge is -2.07. The van der Waals surface area contributed by atoms with Crippen molar-refractivity contribution < 1.29 is 4.42 Å². The summed E-state index contributed by atoms with van der Waals surface area (Å²) in [7, 11) is 0. The standard InChI is InChI=1S/C12H9BrN2O/c13-11-4-1-5-12(10(11)7-14)15-8-9-3-2-6-16-9/h1-6,15H,8H2. The Hall–Kier alpha value is -1.73.